The molecule has 3 atom stereocenters. The van der Waals surface area contributed by atoms with Crippen molar-refractivity contribution in [3.63, 3.8) is 0 Å². The molecule has 1 N–H and O–H groups in total. The van der Waals surface area contributed by atoms with Gasteiger partial charge in [0.1, 0.15) is 5.82 Å². The molecule has 1 saturated heterocycles. The first kappa shape index (κ1) is 18.4. The molecule has 1 aliphatic carbocycles. The van der Waals surface area contributed by atoms with Gasteiger partial charge in [-0.3, -0.25) is 4.79 Å². The van der Waals surface area contributed by atoms with Crippen LogP contribution in [0.4, 0.5) is 4.39 Å². The van der Waals surface area contributed by atoms with Gasteiger partial charge in [-0.25, -0.2) is 4.39 Å². The first-order chi connectivity index (χ1) is 14.0. The zero-order valence-corrected chi connectivity index (χ0v) is 16.1. The Balaban J connectivity index is 1.57. The molecule has 6 heteroatoms. The molecule has 0 aromatic heterocycles. The number of hydrogen-bond acceptors (Lipinski definition) is 4. The van der Waals surface area contributed by atoms with Crippen LogP contribution in [0.2, 0.25) is 0 Å². The Morgan fingerprint density at radius 1 is 1.10 bits per heavy atom. The number of benzene rings is 2. The summed E-state index contributed by atoms with van der Waals surface area (Å²) in [6.45, 7) is 0.615. The van der Waals surface area contributed by atoms with Gasteiger partial charge in [-0.2, -0.15) is 0 Å². The smallest absolute Gasteiger partial charge is 0.254 e. The van der Waals surface area contributed by atoms with Crippen LogP contribution in [0, 0.1) is 11.7 Å². The van der Waals surface area contributed by atoms with Gasteiger partial charge in [-0.1, -0.05) is 25.0 Å². The monoisotopic (exact) mass is 397 g/mol. The second-order valence-electron chi connectivity index (χ2n) is 8.27. The maximum atomic E-state index is 13.8. The van der Waals surface area contributed by atoms with Crippen LogP contribution in [-0.2, 0) is 0 Å². The fourth-order valence-electron chi connectivity index (χ4n) is 5.21. The molecule has 2 aromatic rings. The fraction of sp³-hybridized carbons (Fsp3) is 0.435. The Morgan fingerprint density at radius 3 is 2.83 bits per heavy atom. The van der Waals surface area contributed by atoms with Gasteiger partial charge in [0.05, 0.1) is 11.6 Å². The summed E-state index contributed by atoms with van der Waals surface area (Å²) in [4.78, 5) is 15.2. The number of amides is 1. The highest BCUT2D eigenvalue weighted by molar-refractivity contribution is 5.94. The molecule has 0 bridgehead atoms. The molecule has 1 amide bonds. The molecular formula is C23H24FNO4. The Morgan fingerprint density at radius 2 is 1.97 bits per heavy atom. The quantitative estimate of drug-likeness (QED) is 0.830. The lowest BCUT2D eigenvalue weighted by atomic mass is 9.66. The highest BCUT2D eigenvalue weighted by Gasteiger charge is 2.50. The molecule has 5 nitrogen and oxygen atoms in total. The van der Waals surface area contributed by atoms with Crippen molar-refractivity contribution < 1.29 is 23.8 Å². The summed E-state index contributed by atoms with van der Waals surface area (Å²) < 4.78 is 24.7. The van der Waals surface area contributed by atoms with Gasteiger partial charge in [0.2, 0.25) is 6.79 Å². The van der Waals surface area contributed by atoms with Crippen molar-refractivity contribution in [2.45, 2.75) is 43.7 Å². The third kappa shape index (κ3) is 3.15. The summed E-state index contributed by atoms with van der Waals surface area (Å²) in [6, 6.07) is 11.2. The van der Waals surface area contributed by atoms with Crippen molar-refractivity contribution in [1.82, 2.24) is 4.90 Å². The number of ether oxygens (including phenoxy) is 2. The van der Waals surface area contributed by atoms with Crippen LogP contribution in [0.3, 0.4) is 0 Å². The van der Waals surface area contributed by atoms with Crippen molar-refractivity contribution in [2.75, 3.05) is 13.3 Å². The van der Waals surface area contributed by atoms with Crippen LogP contribution in [0.5, 0.6) is 11.5 Å². The average Bonchev–Trinajstić information content (AvgIpc) is 3.20. The number of likely N-dealkylation sites (tertiary alicyclic amines) is 1. The van der Waals surface area contributed by atoms with Crippen molar-refractivity contribution in [3.05, 3.63) is 59.4 Å². The van der Waals surface area contributed by atoms with E-state index in [-0.39, 0.29) is 24.7 Å². The van der Waals surface area contributed by atoms with E-state index in [9.17, 15) is 14.3 Å². The molecule has 1 saturated carbocycles. The largest absolute Gasteiger partial charge is 0.454 e. The highest BCUT2D eigenvalue weighted by atomic mass is 19.1. The Kier molecular flexibility index (Phi) is 4.46. The molecule has 2 heterocycles. The van der Waals surface area contributed by atoms with Crippen molar-refractivity contribution in [1.29, 1.82) is 0 Å². The molecule has 2 aliphatic heterocycles. The number of fused-ring (bicyclic) bond motifs is 2. The average molecular weight is 397 g/mol. The van der Waals surface area contributed by atoms with E-state index in [1.165, 1.54) is 12.1 Å². The highest BCUT2D eigenvalue weighted by Crippen LogP contribution is 2.50. The first-order valence-electron chi connectivity index (χ1n) is 10.2. The number of carbonyl (C=O) groups is 1. The topological polar surface area (TPSA) is 59.0 Å². The molecule has 3 aliphatic rings. The van der Waals surface area contributed by atoms with Gasteiger partial charge in [-0.05, 0) is 55.2 Å². The van der Waals surface area contributed by atoms with E-state index in [4.69, 9.17) is 9.47 Å². The summed E-state index contributed by atoms with van der Waals surface area (Å²) in [6.07, 6.45) is 4.16. The minimum absolute atomic E-state index is 0.0668. The minimum atomic E-state index is -0.780. The lowest BCUT2D eigenvalue weighted by Crippen LogP contribution is -2.56. The number of aliphatic hydroxyl groups is 1. The molecule has 152 valence electrons. The van der Waals surface area contributed by atoms with Crippen LogP contribution in [-0.4, -0.2) is 34.9 Å². The third-order valence-electron chi connectivity index (χ3n) is 6.64. The van der Waals surface area contributed by atoms with Gasteiger partial charge in [-0.15, -0.1) is 0 Å². The van der Waals surface area contributed by atoms with Crippen molar-refractivity contribution in [2.24, 2.45) is 5.92 Å². The molecule has 0 spiro atoms. The maximum Gasteiger partial charge on any atom is 0.254 e. The molecule has 2 fully saturated rings. The van der Waals surface area contributed by atoms with Gasteiger partial charge in [0, 0.05) is 18.0 Å². The van der Waals surface area contributed by atoms with Gasteiger partial charge in [0.15, 0.2) is 11.5 Å². The number of rotatable bonds is 2. The molecule has 2 aromatic carbocycles. The van der Waals surface area contributed by atoms with Gasteiger partial charge < -0.3 is 19.5 Å². The third-order valence-corrected chi connectivity index (χ3v) is 6.64. The molecule has 0 unspecified atom stereocenters. The van der Waals surface area contributed by atoms with E-state index in [0.717, 1.165) is 31.2 Å². The zero-order chi connectivity index (χ0) is 20.0. The lowest BCUT2D eigenvalue weighted by molar-refractivity contribution is -0.115. The second-order valence-corrected chi connectivity index (χ2v) is 8.27. The fourth-order valence-corrected chi connectivity index (χ4v) is 5.21. The van der Waals surface area contributed by atoms with E-state index in [2.05, 4.69) is 0 Å². The number of hydrogen-bond donors (Lipinski definition) is 1. The summed E-state index contributed by atoms with van der Waals surface area (Å²) >= 11 is 0. The van der Waals surface area contributed by atoms with Gasteiger partial charge in [0.25, 0.3) is 5.91 Å². The number of halogens is 1. The van der Waals surface area contributed by atoms with Gasteiger partial charge >= 0.3 is 0 Å². The Hall–Kier alpha value is -2.60. The van der Waals surface area contributed by atoms with Crippen LogP contribution in [0.25, 0.3) is 0 Å². The number of nitrogens with zero attached hydrogens (tertiary/aromatic N) is 1. The van der Waals surface area contributed by atoms with Crippen LogP contribution < -0.4 is 9.47 Å². The van der Waals surface area contributed by atoms with Crippen LogP contribution in [0.1, 0.15) is 54.1 Å². The summed E-state index contributed by atoms with van der Waals surface area (Å²) in [5, 5.41) is 11.4. The lowest BCUT2D eigenvalue weighted by Gasteiger charge is -2.52. The summed E-state index contributed by atoms with van der Waals surface area (Å²) in [5.74, 6) is 0.640. The van der Waals surface area contributed by atoms with Crippen molar-refractivity contribution >= 4 is 5.91 Å². The Labute approximate surface area is 169 Å². The second kappa shape index (κ2) is 7.02. The molecule has 0 radical (unpaired) electrons. The minimum Gasteiger partial charge on any atom is -0.454 e. The zero-order valence-electron chi connectivity index (χ0n) is 16.1. The van der Waals surface area contributed by atoms with E-state index in [1.54, 1.807) is 17.0 Å². The summed E-state index contributed by atoms with van der Waals surface area (Å²) in [5.41, 5.74) is 0.471. The maximum absolute atomic E-state index is 13.8. The molecular weight excluding hydrogens is 373 g/mol. The Bertz CT molecular complexity index is 948. The van der Waals surface area contributed by atoms with E-state index in [0.29, 0.717) is 30.0 Å². The standard InChI is InChI=1S/C23H24FNO4/c24-17-5-3-4-16(12-17)22(26)25-11-10-23(27)9-2-1-6-18(23)21(25)15-7-8-19-20(13-15)29-14-28-19/h3-5,7-8,12-13,18,21,27H,1-2,6,9-11,14H2/t18-,21-,23-/m1/s1. The van der Waals surface area contributed by atoms with E-state index < -0.39 is 11.4 Å². The van der Waals surface area contributed by atoms with Crippen LogP contribution >= 0.6 is 0 Å². The van der Waals surface area contributed by atoms with Crippen LogP contribution in [0.15, 0.2) is 42.5 Å². The van der Waals surface area contributed by atoms with Crippen molar-refractivity contribution in [3.8, 4) is 11.5 Å². The van der Waals surface area contributed by atoms with E-state index >= 15 is 0 Å². The summed E-state index contributed by atoms with van der Waals surface area (Å²) in [7, 11) is 0. The number of piperidine rings is 1. The number of carbonyl (C=O) groups excluding carboxylic acids is 1. The SMILES string of the molecule is O=C(c1cccc(F)c1)N1CC[C@]2(O)CCCC[C@@H]2[C@H]1c1ccc2c(c1)OCO2. The molecule has 29 heavy (non-hydrogen) atoms. The predicted octanol–water partition coefficient (Wildman–Crippen LogP) is 4.06. The molecule has 5 rings (SSSR count). The van der Waals surface area contributed by atoms with E-state index in [1.807, 2.05) is 18.2 Å². The normalized spacial score (nSPS) is 28.1. The predicted molar refractivity (Wildman–Crippen MR) is 104 cm³/mol. The first-order valence-corrected chi connectivity index (χ1v) is 10.2.